The van der Waals surface area contributed by atoms with Crippen molar-refractivity contribution in [2.75, 3.05) is 0 Å². The number of H-pyrrole nitrogens is 1. The lowest BCUT2D eigenvalue weighted by molar-refractivity contribution is 0.0257. The fourth-order valence-electron chi connectivity index (χ4n) is 1.49. The van der Waals surface area contributed by atoms with Crippen molar-refractivity contribution < 1.29 is 5.11 Å². The van der Waals surface area contributed by atoms with Gasteiger partial charge >= 0.3 is 0 Å². The van der Waals surface area contributed by atoms with Gasteiger partial charge in [0, 0.05) is 0 Å². The highest BCUT2D eigenvalue weighted by Crippen LogP contribution is 2.51. The van der Waals surface area contributed by atoms with E-state index in [0.29, 0.717) is 11.3 Å². The summed E-state index contributed by atoms with van der Waals surface area (Å²) < 4.78 is 2.06. The van der Waals surface area contributed by atoms with E-state index in [1.807, 2.05) is 0 Å². The van der Waals surface area contributed by atoms with Crippen molar-refractivity contribution >= 4 is 23.8 Å². The Labute approximate surface area is 91.9 Å². The topological polar surface area (TPSA) is 53.8 Å². The van der Waals surface area contributed by atoms with Gasteiger partial charge in [0.15, 0.2) is 0 Å². The largest absolute Gasteiger partial charge is 0.386 e. The van der Waals surface area contributed by atoms with Gasteiger partial charge in [0.25, 0.3) is 0 Å². The number of nitrogens with zero attached hydrogens (tertiary/aromatic N) is 2. The fraction of sp³-hybridized carbons (Fsp3) is 0.750. The smallest absolute Gasteiger partial charge is 0.215 e. The van der Waals surface area contributed by atoms with E-state index in [4.69, 9.17) is 23.8 Å². The zero-order valence-corrected chi connectivity index (χ0v) is 9.40. The molecule has 1 unspecified atom stereocenters. The van der Waals surface area contributed by atoms with E-state index in [2.05, 4.69) is 10.1 Å². The van der Waals surface area contributed by atoms with Crippen molar-refractivity contribution in [3.63, 3.8) is 0 Å². The second-order valence-corrected chi connectivity index (χ2v) is 5.08. The van der Waals surface area contributed by atoms with Gasteiger partial charge in [-0.15, -0.1) is 11.6 Å². The number of hydrogen-bond acceptors (Lipinski definition) is 3. The van der Waals surface area contributed by atoms with E-state index < -0.39 is 10.5 Å². The average Bonchev–Trinajstić information content (AvgIpc) is 2.73. The van der Waals surface area contributed by atoms with Crippen molar-refractivity contribution in [3.05, 3.63) is 11.1 Å². The van der Waals surface area contributed by atoms with Crippen molar-refractivity contribution in [1.29, 1.82) is 0 Å². The predicted octanol–water partition coefficient (Wildman–Crippen LogP) is 1.46. The molecule has 0 aromatic carbocycles. The molecule has 0 aliphatic heterocycles. The third-order valence-electron chi connectivity index (χ3n) is 2.74. The zero-order valence-electron chi connectivity index (χ0n) is 7.83. The molecule has 4 nitrogen and oxygen atoms in total. The van der Waals surface area contributed by atoms with E-state index in [1.54, 1.807) is 11.6 Å². The van der Waals surface area contributed by atoms with Gasteiger partial charge in [0.2, 0.25) is 4.77 Å². The van der Waals surface area contributed by atoms with Crippen LogP contribution in [0.25, 0.3) is 0 Å². The normalized spacial score (nSPS) is 23.1. The Morgan fingerprint density at radius 3 is 2.93 bits per heavy atom. The van der Waals surface area contributed by atoms with Gasteiger partial charge in [-0.25, -0.2) is 4.98 Å². The summed E-state index contributed by atoms with van der Waals surface area (Å²) in [6.07, 6.45) is 3.21. The van der Waals surface area contributed by atoms with Gasteiger partial charge in [-0.1, -0.05) is 0 Å². The van der Waals surface area contributed by atoms with E-state index in [1.165, 1.54) is 6.33 Å². The maximum Gasteiger partial charge on any atom is 0.215 e. The summed E-state index contributed by atoms with van der Waals surface area (Å²) in [6.45, 7) is 2.09. The third-order valence-corrected chi connectivity index (χ3v) is 3.85. The minimum Gasteiger partial charge on any atom is -0.386 e. The van der Waals surface area contributed by atoms with Crippen molar-refractivity contribution in [1.82, 2.24) is 14.8 Å². The van der Waals surface area contributed by atoms with Crippen molar-refractivity contribution in [3.8, 4) is 0 Å². The summed E-state index contributed by atoms with van der Waals surface area (Å²) in [7, 11) is 0. The SMILES string of the molecule is CC(O)(Cn1[nH]cnc1=S)C1(Cl)CC1. The molecule has 2 N–H and O–H groups in total. The number of aromatic nitrogens is 3. The number of aliphatic hydroxyl groups is 1. The molecule has 2 rings (SSSR count). The number of halogens is 1. The van der Waals surface area contributed by atoms with Crippen LogP contribution in [0.2, 0.25) is 0 Å². The zero-order chi connectivity index (χ0) is 10.4. The van der Waals surface area contributed by atoms with Crippen molar-refractivity contribution in [2.24, 2.45) is 0 Å². The molecule has 1 heterocycles. The van der Waals surface area contributed by atoms with E-state index >= 15 is 0 Å². The standard InChI is InChI=1S/C8H12ClN3OS/c1-7(13,8(9)2-3-8)4-12-6(14)10-5-11-12/h5,13H,2-4H2,1H3,(H,10,11,14). The minimum atomic E-state index is -0.945. The fourth-order valence-corrected chi connectivity index (χ4v) is 1.81. The lowest BCUT2D eigenvalue weighted by atomic mass is 10.0. The van der Waals surface area contributed by atoms with Crippen LogP contribution in [-0.2, 0) is 6.54 Å². The van der Waals surface area contributed by atoms with Crippen molar-refractivity contribution in [2.45, 2.75) is 36.8 Å². The van der Waals surface area contributed by atoms with Crippen LogP contribution >= 0.6 is 23.8 Å². The number of hydrogen-bond donors (Lipinski definition) is 2. The molecule has 0 radical (unpaired) electrons. The first-order valence-corrected chi connectivity index (χ1v) is 5.25. The lowest BCUT2D eigenvalue weighted by Crippen LogP contribution is -2.42. The summed E-state index contributed by atoms with van der Waals surface area (Å²) in [5.41, 5.74) is -0.945. The first kappa shape index (κ1) is 10.1. The van der Waals surface area contributed by atoms with Gasteiger partial charge in [0.05, 0.1) is 11.4 Å². The first-order valence-electron chi connectivity index (χ1n) is 4.46. The van der Waals surface area contributed by atoms with Crippen LogP contribution in [-0.4, -0.2) is 30.3 Å². The lowest BCUT2D eigenvalue weighted by Gasteiger charge is -2.28. The Kier molecular flexibility index (Phi) is 2.21. The average molecular weight is 234 g/mol. The predicted molar refractivity (Wildman–Crippen MR) is 55.9 cm³/mol. The molecule has 1 saturated carbocycles. The van der Waals surface area contributed by atoms with Gasteiger partial charge in [0.1, 0.15) is 11.9 Å². The van der Waals surface area contributed by atoms with Crippen LogP contribution in [0, 0.1) is 4.77 Å². The Morgan fingerprint density at radius 2 is 2.50 bits per heavy atom. The molecular formula is C8H12ClN3OS. The first-order chi connectivity index (χ1) is 6.45. The second-order valence-electron chi connectivity index (χ2n) is 4.00. The monoisotopic (exact) mass is 233 g/mol. The Bertz CT molecular complexity index is 393. The van der Waals surface area contributed by atoms with E-state index in [0.717, 1.165) is 12.8 Å². The maximum atomic E-state index is 10.2. The second kappa shape index (κ2) is 3.05. The number of nitrogens with one attached hydrogen (secondary N) is 1. The van der Waals surface area contributed by atoms with Crippen LogP contribution < -0.4 is 0 Å². The third kappa shape index (κ3) is 1.60. The van der Waals surface area contributed by atoms with E-state index in [9.17, 15) is 5.11 Å². The summed E-state index contributed by atoms with van der Waals surface area (Å²) in [4.78, 5) is 3.39. The molecule has 1 fully saturated rings. The highest BCUT2D eigenvalue weighted by molar-refractivity contribution is 7.71. The highest BCUT2D eigenvalue weighted by atomic mass is 35.5. The van der Waals surface area contributed by atoms with Crippen LogP contribution in [0.3, 0.4) is 0 Å². The molecule has 14 heavy (non-hydrogen) atoms. The molecule has 1 aromatic rings. The van der Waals surface area contributed by atoms with Gasteiger partial charge < -0.3 is 5.11 Å². The summed E-state index contributed by atoms with van der Waals surface area (Å²) in [6, 6.07) is 0. The molecule has 1 atom stereocenters. The van der Waals surface area contributed by atoms with E-state index in [-0.39, 0.29) is 0 Å². The van der Waals surface area contributed by atoms with Crippen LogP contribution in [0.4, 0.5) is 0 Å². The molecule has 1 aliphatic rings. The van der Waals surface area contributed by atoms with Crippen LogP contribution in [0.15, 0.2) is 6.33 Å². The molecule has 1 aromatic heterocycles. The summed E-state index contributed by atoms with van der Waals surface area (Å²) in [5.74, 6) is 0. The Balaban J connectivity index is 2.18. The number of rotatable bonds is 3. The summed E-state index contributed by atoms with van der Waals surface area (Å²) in [5, 5.41) is 13.0. The van der Waals surface area contributed by atoms with Gasteiger partial charge in [-0.3, -0.25) is 9.78 Å². The van der Waals surface area contributed by atoms with Crippen LogP contribution in [0.5, 0.6) is 0 Å². The Morgan fingerprint density at radius 1 is 1.86 bits per heavy atom. The molecule has 0 spiro atoms. The molecule has 0 bridgehead atoms. The highest BCUT2D eigenvalue weighted by Gasteiger charge is 2.55. The molecular weight excluding hydrogens is 222 g/mol. The molecule has 78 valence electrons. The van der Waals surface area contributed by atoms with Crippen LogP contribution in [0.1, 0.15) is 19.8 Å². The number of alkyl halides is 1. The molecule has 0 saturated heterocycles. The molecule has 6 heteroatoms. The molecule has 1 aliphatic carbocycles. The maximum absolute atomic E-state index is 10.2. The minimum absolute atomic E-state index is 0.356. The van der Waals surface area contributed by atoms with Gasteiger partial charge in [-0.05, 0) is 32.0 Å². The summed E-state index contributed by atoms with van der Waals surface area (Å²) >= 11 is 11.1. The number of aromatic amines is 1. The Hall–Kier alpha value is -0.390. The quantitative estimate of drug-likeness (QED) is 0.614. The molecule has 0 amide bonds. The van der Waals surface area contributed by atoms with Gasteiger partial charge in [-0.2, -0.15) is 0 Å².